The summed E-state index contributed by atoms with van der Waals surface area (Å²) in [6.45, 7) is 13.6. The van der Waals surface area contributed by atoms with Crippen LogP contribution in [0.4, 0.5) is 4.79 Å². The Kier molecular flexibility index (Phi) is 30.9. The monoisotopic (exact) mass is 1370 g/mol. The molecule has 3 fully saturated rings. The van der Waals surface area contributed by atoms with Gasteiger partial charge in [-0.2, -0.15) is 17.0 Å². The van der Waals surface area contributed by atoms with Crippen LogP contribution in [0.3, 0.4) is 0 Å². The highest BCUT2D eigenvalue weighted by atomic mass is 32.2. The summed E-state index contributed by atoms with van der Waals surface area (Å²) >= 11 is 1.88. The molecule has 5 aliphatic rings. The van der Waals surface area contributed by atoms with Crippen molar-refractivity contribution in [3.8, 4) is 17.6 Å². The number of nitrogens with zero attached hydrogens (tertiary/aromatic N) is 8. The summed E-state index contributed by atoms with van der Waals surface area (Å²) in [5, 5.41) is 36.6. The Morgan fingerprint density at radius 1 is 0.833 bits per heavy atom. The van der Waals surface area contributed by atoms with Crippen molar-refractivity contribution in [3.05, 3.63) is 87.1 Å². The molecule has 3 aromatic rings. The summed E-state index contributed by atoms with van der Waals surface area (Å²) in [6.07, 6.45) is 16.4. The van der Waals surface area contributed by atoms with Crippen LogP contribution in [0.15, 0.2) is 64.3 Å². The molecule has 2 aliphatic heterocycles. The number of carbonyl (C=O) groups excluding carboxylic acids is 5. The summed E-state index contributed by atoms with van der Waals surface area (Å²) in [4.78, 5) is 65.9. The quantitative estimate of drug-likeness (QED) is 0.00672. The summed E-state index contributed by atoms with van der Waals surface area (Å²) in [5.74, 6) is 2.21. The number of aromatic nitrogens is 3. The third-order valence-corrected chi connectivity index (χ3v) is 22.2. The molecule has 5 N–H and O–H groups in total. The lowest BCUT2D eigenvalue weighted by Crippen LogP contribution is -2.52. The number of hydrogen-bond acceptors (Lipinski definition) is 18. The Labute approximate surface area is 570 Å². The van der Waals surface area contributed by atoms with Crippen molar-refractivity contribution >= 4 is 51.4 Å². The van der Waals surface area contributed by atoms with Crippen LogP contribution in [0.5, 0.6) is 11.5 Å². The molecule has 96 heavy (non-hydrogen) atoms. The maximum Gasteiger partial charge on any atom is 0.315 e. The van der Waals surface area contributed by atoms with Crippen molar-refractivity contribution in [1.82, 2.24) is 45.9 Å². The fourth-order valence-electron chi connectivity index (χ4n) is 13.2. The molecule has 3 heterocycles. The van der Waals surface area contributed by atoms with Gasteiger partial charge in [-0.25, -0.2) is 22.2 Å². The van der Waals surface area contributed by atoms with Crippen molar-refractivity contribution in [3.63, 3.8) is 0 Å². The van der Waals surface area contributed by atoms with Gasteiger partial charge in [-0.15, -0.1) is 5.10 Å². The van der Waals surface area contributed by atoms with E-state index in [1.165, 1.54) is 29.8 Å². The number of fused-ring (bicyclic) bond motifs is 2. The number of rotatable bonds is 47. The lowest BCUT2D eigenvalue weighted by Gasteiger charge is -2.59. The van der Waals surface area contributed by atoms with E-state index in [2.05, 4.69) is 92.8 Å². The number of benzene rings is 2. The van der Waals surface area contributed by atoms with E-state index in [0.717, 1.165) is 99.0 Å². The minimum absolute atomic E-state index is 0.00398. The van der Waals surface area contributed by atoms with E-state index in [4.69, 9.17) is 34.0 Å². The van der Waals surface area contributed by atoms with E-state index in [-0.39, 0.29) is 75.9 Å². The summed E-state index contributed by atoms with van der Waals surface area (Å²) in [6, 6.07) is 11.7. The van der Waals surface area contributed by atoms with E-state index in [9.17, 15) is 37.7 Å². The SMILES string of the molecule is COc1cc(C(C)(C)CCCCCCN=[N+]=[N-])cc(OC)c1[C@H]1C=C(CNC(=O)CCCCCCNC(=O)c2ccc(S(=O)(=O)N(CC#N)C(=O)CCc3cn(CCOCCOCCOCCOCCNC(=O)CCCC[C@@H]4SC[C@@H]5NC(=O)N[C@@H]54)nn3)cc2)[C@H]2C[C@@H]1C2(C)C. The molecule has 8 rings (SSSR count). The molecule has 28 heteroatoms. The van der Waals surface area contributed by atoms with Crippen molar-refractivity contribution in [2.75, 3.05) is 106 Å². The van der Waals surface area contributed by atoms with Crippen molar-refractivity contribution in [2.45, 2.75) is 177 Å². The van der Waals surface area contributed by atoms with E-state index in [1.807, 2.05) is 11.8 Å². The molecule has 26 nitrogen and oxygen atoms in total. The van der Waals surface area contributed by atoms with Gasteiger partial charge < -0.3 is 55.0 Å². The molecule has 6 amide bonds. The summed E-state index contributed by atoms with van der Waals surface area (Å²) in [5.41, 5.74) is 12.6. The first-order valence-electron chi connectivity index (χ1n) is 34.0. The van der Waals surface area contributed by atoms with Gasteiger partial charge in [0.2, 0.25) is 17.7 Å². The Morgan fingerprint density at radius 2 is 1.48 bits per heavy atom. The van der Waals surface area contributed by atoms with E-state index >= 15 is 0 Å². The Bertz CT molecular complexity index is 3240. The molecule has 2 bridgehead atoms. The number of nitrogens with one attached hydrogen (secondary N) is 5. The largest absolute Gasteiger partial charge is 0.496 e. The number of azide groups is 1. The molecule has 1 aromatic heterocycles. The molecule has 0 radical (unpaired) electrons. The fourth-order valence-corrected chi connectivity index (χ4v) is 16.0. The molecule has 6 atom stereocenters. The number of nitriles is 1. The minimum Gasteiger partial charge on any atom is -0.496 e. The van der Waals surface area contributed by atoms with Crippen molar-refractivity contribution in [2.24, 2.45) is 22.4 Å². The number of aryl methyl sites for hydroxylation is 1. The molecule has 528 valence electrons. The number of carbonyl (C=O) groups is 5. The van der Waals surface area contributed by atoms with E-state index in [0.29, 0.717) is 138 Å². The van der Waals surface area contributed by atoms with Gasteiger partial charge >= 0.3 is 6.03 Å². The van der Waals surface area contributed by atoms with Crippen LogP contribution in [0.2, 0.25) is 0 Å². The Hall–Kier alpha value is -6.99. The van der Waals surface area contributed by atoms with Gasteiger partial charge in [0.25, 0.3) is 15.9 Å². The molecule has 0 unspecified atom stereocenters. The van der Waals surface area contributed by atoms with Gasteiger partial charge in [0, 0.05) is 91.0 Å². The van der Waals surface area contributed by atoms with Crippen LogP contribution in [0.25, 0.3) is 10.4 Å². The van der Waals surface area contributed by atoms with Gasteiger partial charge in [0.05, 0.1) is 102 Å². The second-order valence-corrected chi connectivity index (χ2v) is 29.3. The third kappa shape index (κ3) is 22.5. The average molecular weight is 1370 g/mol. The minimum atomic E-state index is -4.44. The third-order valence-electron chi connectivity index (χ3n) is 18.9. The smallest absolute Gasteiger partial charge is 0.315 e. The van der Waals surface area contributed by atoms with E-state index in [1.54, 1.807) is 31.2 Å². The van der Waals surface area contributed by atoms with Gasteiger partial charge in [-0.05, 0) is 115 Å². The molecular weight excluding hydrogens is 1270 g/mol. The van der Waals surface area contributed by atoms with Crippen molar-refractivity contribution < 1.29 is 60.8 Å². The predicted molar refractivity (Wildman–Crippen MR) is 364 cm³/mol. The average Bonchev–Trinajstić information content (AvgIpc) is 0.819. The number of sulfonamides is 1. The fraction of sp³-hybridized carbons (Fsp3) is 0.676. The predicted octanol–water partition coefficient (Wildman–Crippen LogP) is 8.60. The second kappa shape index (κ2) is 38.8. The molecule has 0 spiro atoms. The first-order valence-corrected chi connectivity index (χ1v) is 36.5. The number of unbranched alkanes of at least 4 members (excludes halogenated alkanes) is 7. The second-order valence-electron chi connectivity index (χ2n) is 26.2. The highest BCUT2D eigenvalue weighted by molar-refractivity contribution is 8.00. The topological polar surface area (TPSA) is 342 Å². The Balaban J connectivity index is 0.707. The van der Waals surface area contributed by atoms with Crippen LogP contribution < -0.4 is 36.1 Å². The first-order chi connectivity index (χ1) is 46.3. The van der Waals surface area contributed by atoms with Gasteiger partial charge in [-0.3, -0.25) is 19.2 Å². The zero-order valence-electron chi connectivity index (χ0n) is 56.9. The Morgan fingerprint density at radius 3 is 2.16 bits per heavy atom. The highest BCUT2D eigenvalue weighted by Gasteiger charge is 2.56. The number of methoxy groups -OCH3 is 2. The van der Waals surface area contributed by atoms with Crippen LogP contribution >= 0.6 is 11.8 Å². The van der Waals surface area contributed by atoms with Gasteiger partial charge in [0.1, 0.15) is 18.0 Å². The lowest BCUT2D eigenvalue weighted by atomic mass is 9.45. The number of ether oxygens (including phenoxy) is 6. The lowest BCUT2D eigenvalue weighted by molar-refractivity contribution is -0.126. The number of allylic oxidation sites excluding steroid dienone is 1. The summed E-state index contributed by atoms with van der Waals surface area (Å²) < 4.78 is 63.9. The first kappa shape index (κ1) is 76.4. The van der Waals surface area contributed by atoms with Crippen molar-refractivity contribution in [1.29, 1.82) is 5.26 Å². The molecule has 1 saturated carbocycles. The number of hydrogen-bond donors (Lipinski definition) is 5. The normalized spacial score (nSPS) is 19.1. The van der Waals surface area contributed by atoms with Gasteiger partial charge in [-0.1, -0.05) is 88.2 Å². The highest BCUT2D eigenvalue weighted by Crippen LogP contribution is 2.65. The van der Waals surface area contributed by atoms with Crippen LogP contribution in [0.1, 0.15) is 164 Å². The molecule has 2 saturated heterocycles. The number of thioether (sulfide) groups is 1. The summed E-state index contributed by atoms with van der Waals surface area (Å²) in [7, 11) is -0.996. The maximum atomic E-state index is 13.7. The van der Waals surface area contributed by atoms with Gasteiger partial charge in [0.15, 0.2) is 0 Å². The van der Waals surface area contributed by atoms with Crippen LogP contribution in [-0.2, 0) is 61.7 Å². The van der Waals surface area contributed by atoms with Crippen LogP contribution in [-0.4, -0.2) is 180 Å². The standard InChI is InChI=1S/C68H101N13O13S2/c1-67(2,26-14-8-10-16-29-74-78-70)50-42-57(89-5)63(58(43-50)90-6)53-41-49(54-44-55(53)68(54,3)4)45-73-61(83)18-11-7-9-15-28-72-65(85)48-20-23-52(24-21-48)96(87,88)81(31-27-69)62(84)25-22-51-46-80(79-77-51)32-34-92-36-38-94-40-39-93-37-35-91-33-30-71-60(82)19-13-12-17-59-64-56(47-95-59)75-66(86)76-64/h20-21,23-24,41-43,46,53-56,59,64H,7-19,22,25-26,28-40,44-45,47H2,1-6H3,(H,71,82)(H,72,85)(H,73,83)(H2,75,76,86)/t53-,54+,55-,56-,59-,64-/m0/s1. The molecule has 2 aromatic carbocycles. The zero-order chi connectivity index (χ0) is 68.9. The van der Waals surface area contributed by atoms with Crippen LogP contribution in [0, 0.1) is 28.6 Å². The van der Waals surface area contributed by atoms with E-state index < -0.39 is 22.5 Å². The number of urea groups is 1. The molecule has 3 aliphatic carbocycles. The zero-order valence-corrected chi connectivity index (χ0v) is 58.5. The number of amides is 6. The maximum absolute atomic E-state index is 13.7. The molecular formula is C68H101N13O13S2.